The van der Waals surface area contributed by atoms with Crippen LogP contribution in [0.15, 0.2) is 36.4 Å². The van der Waals surface area contributed by atoms with Crippen LogP contribution in [0.4, 0.5) is 0 Å². The molecule has 0 bridgehead atoms. The van der Waals surface area contributed by atoms with E-state index in [2.05, 4.69) is 53.5 Å². The van der Waals surface area contributed by atoms with Crippen molar-refractivity contribution < 1.29 is 0 Å². The van der Waals surface area contributed by atoms with E-state index in [4.69, 9.17) is 0 Å². The van der Waals surface area contributed by atoms with E-state index in [0.717, 1.165) is 11.3 Å². The smallest absolute Gasteiger partial charge is 0.0929 e. The van der Waals surface area contributed by atoms with Gasteiger partial charge in [-0.2, -0.15) is 10.2 Å². The monoisotopic (exact) mass is 252 g/mol. The number of aryl methyl sites for hydroxylation is 1. The summed E-state index contributed by atoms with van der Waals surface area (Å²) in [4.78, 5) is 0. The Hall–Kier alpha value is -1.70. The van der Waals surface area contributed by atoms with Gasteiger partial charge in [0.2, 0.25) is 0 Å². The van der Waals surface area contributed by atoms with Crippen molar-refractivity contribution in [3.8, 4) is 11.3 Å². The molecule has 1 fully saturated rings. The highest BCUT2D eigenvalue weighted by Gasteiger charge is 2.17. The zero-order valence-corrected chi connectivity index (χ0v) is 11.5. The van der Waals surface area contributed by atoms with Gasteiger partial charge in [-0.25, -0.2) is 0 Å². The minimum atomic E-state index is 0.633. The average Bonchev–Trinajstić information content (AvgIpc) is 2.49. The number of benzene rings is 1. The maximum Gasteiger partial charge on any atom is 0.0929 e. The van der Waals surface area contributed by atoms with Crippen LogP contribution in [0.3, 0.4) is 0 Å². The van der Waals surface area contributed by atoms with Crippen LogP contribution in [0.5, 0.6) is 0 Å². The molecule has 0 amide bonds. The third-order valence-electron chi connectivity index (χ3n) is 4.06. The van der Waals surface area contributed by atoms with E-state index in [1.165, 1.54) is 43.4 Å². The zero-order chi connectivity index (χ0) is 13.1. The Labute approximate surface area is 114 Å². The molecule has 1 heterocycles. The maximum absolute atomic E-state index is 4.45. The fraction of sp³-hybridized carbons (Fsp3) is 0.412. The van der Waals surface area contributed by atoms with Gasteiger partial charge in [0.25, 0.3) is 0 Å². The Balaban J connectivity index is 1.80. The van der Waals surface area contributed by atoms with Crippen molar-refractivity contribution in [2.24, 2.45) is 0 Å². The van der Waals surface area contributed by atoms with Crippen molar-refractivity contribution in [3.63, 3.8) is 0 Å². The van der Waals surface area contributed by atoms with E-state index in [-0.39, 0.29) is 0 Å². The highest BCUT2D eigenvalue weighted by Crippen LogP contribution is 2.31. The molecule has 0 radical (unpaired) electrons. The molecule has 0 saturated heterocycles. The van der Waals surface area contributed by atoms with Gasteiger partial charge in [0.1, 0.15) is 0 Å². The first kappa shape index (κ1) is 12.3. The molecule has 1 aromatic carbocycles. The van der Waals surface area contributed by atoms with E-state index in [1.807, 2.05) is 0 Å². The van der Waals surface area contributed by atoms with Gasteiger partial charge in [-0.05, 0) is 31.9 Å². The van der Waals surface area contributed by atoms with Crippen molar-refractivity contribution in [1.29, 1.82) is 0 Å². The molecular formula is C17H20N2. The lowest BCUT2D eigenvalue weighted by Crippen LogP contribution is -2.07. The van der Waals surface area contributed by atoms with Crippen LogP contribution in [0, 0.1) is 6.92 Å². The fourth-order valence-corrected chi connectivity index (χ4v) is 2.84. The Morgan fingerprint density at radius 3 is 2.21 bits per heavy atom. The van der Waals surface area contributed by atoms with Crippen LogP contribution in [-0.4, -0.2) is 10.2 Å². The topological polar surface area (TPSA) is 25.8 Å². The van der Waals surface area contributed by atoms with Gasteiger partial charge >= 0.3 is 0 Å². The van der Waals surface area contributed by atoms with E-state index < -0.39 is 0 Å². The van der Waals surface area contributed by atoms with Crippen LogP contribution in [0.25, 0.3) is 11.3 Å². The number of aromatic nitrogens is 2. The summed E-state index contributed by atoms with van der Waals surface area (Å²) in [5.41, 5.74) is 4.57. The van der Waals surface area contributed by atoms with Crippen molar-refractivity contribution in [1.82, 2.24) is 10.2 Å². The van der Waals surface area contributed by atoms with Crippen LogP contribution in [-0.2, 0) is 0 Å². The van der Waals surface area contributed by atoms with Crippen molar-refractivity contribution in [2.45, 2.75) is 44.9 Å². The van der Waals surface area contributed by atoms with Gasteiger partial charge in [-0.3, -0.25) is 0 Å². The Morgan fingerprint density at radius 2 is 1.58 bits per heavy atom. The van der Waals surface area contributed by atoms with Crippen LogP contribution >= 0.6 is 0 Å². The first-order chi connectivity index (χ1) is 9.33. The predicted molar refractivity (Wildman–Crippen MR) is 78.0 cm³/mol. The second-order valence-electron chi connectivity index (χ2n) is 5.54. The highest BCUT2D eigenvalue weighted by atomic mass is 15.1. The molecule has 98 valence electrons. The molecule has 0 spiro atoms. The SMILES string of the molecule is Cc1ccc(-c2ccc(C3CCCCC3)nn2)cc1. The van der Waals surface area contributed by atoms with Gasteiger partial charge in [-0.15, -0.1) is 0 Å². The maximum atomic E-state index is 4.45. The Morgan fingerprint density at radius 1 is 0.842 bits per heavy atom. The standard InChI is InChI=1S/C17H20N2/c1-13-7-9-15(10-8-13)17-12-11-16(18-19-17)14-5-3-2-4-6-14/h7-12,14H,2-6H2,1H3. The third kappa shape index (κ3) is 2.83. The largest absolute Gasteiger partial charge is 0.155 e. The molecule has 2 aromatic rings. The summed E-state index contributed by atoms with van der Waals surface area (Å²) in [6.45, 7) is 2.10. The lowest BCUT2D eigenvalue weighted by Gasteiger charge is -2.20. The summed E-state index contributed by atoms with van der Waals surface area (Å²) in [6, 6.07) is 12.7. The summed E-state index contributed by atoms with van der Waals surface area (Å²) in [6.07, 6.45) is 6.61. The molecule has 0 N–H and O–H groups in total. The van der Waals surface area contributed by atoms with Gasteiger partial charge in [0, 0.05) is 11.5 Å². The molecule has 1 aliphatic carbocycles. The number of rotatable bonds is 2. The summed E-state index contributed by atoms with van der Waals surface area (Å²) in [7, 11) is 0. The molecule has 19 heavy (non-hydrogen) atoms. The van der Waals surface area contributed by atoms with Crippen LogP contribution in [0.2, 0.25) is 0 Å². The van der Waals surface area contributed by atoms with Gasteiger partial charge in [-0.1, -0.05) is 49.1 Å². The molecular weight excluding hydrogens is 232 g/mol. The van der Waals surface area contributed by atoms with Crippen molar-refractivity contribution >= 4 is 0 Å². The second kappa shape index (κ2) is 5.52. The molecule has 3 rings (SSSR count). The van der Waals surface area contributed by atoms with Gasteiger partial charge < -0.3 is 0 Å². The second-order valence-corrected chi connectivity index (χ2v) is 5.54. The minimum absolute atomic E-state index is 0.633. The average molecular weight is 252 g/mol. The third-order valence-corrected chi connectivity index (χ3v) is 4.06. The lowest BCUT2D eigenvalue weighted by molar-refractivity contribution is 0.434. The van der Waals surface area contributed by atoms with E-state index in [0.29, 0.717) is 5.92 Å². The molecule has 1 saturated carbocycles. The molecule has 0 aliphatic heterocycles. The van der Waals surface area contributed by atoms with E-state index in [9.17, 15) is 0 Å². The van der Waals surface area contributed by atoms with Crippen molar-refractivity contribution in [2.75, 3.05) is 0 Å². The van der Waals surface area contributed by atoms with Crippen LogP contribution in [0.1, 0.15) is 49.3 Å². The molecule has 0 unspecified atom stereocenters. The van der Waals surface area contributed by atoms with E-state index >= 15 is 0 Å². The van der Waals surface area contributed by atoms with Crippen LogP contribution < -0.4 is 0 Å². The fourth-order valence-electron chi connectivity index (χ4n) is 2.84. The number of hydrogen-bond acceptors (Lipinski definition) is 2. The quantitative estimate of drug-likeness (QED) is 0.786. The van der Waals surface area contributed by atoms with E-state index in [1.54, 1.807) is 0 Å². The number of nitrogens with zero attached hydrogens (tertiary/aromatic N) is 2. The normalized spacial score (nSPS) is 16.5. The molecule has 1 aromatic heterocycles. The minimum Gasteiger partial charge on any atom is -0.155 e. The molecule has 2 heteroatoms. The van der Waals surface area contributed by atoms with Gasteiger partial charge in [0.15, 0.2) is 0 Å². The summed E-state index contributed by atoms with van der Waals surface area (Å²) < 4.78 is 0. The lowest BCUT2D eigenvalue weighted by atomic mass is 9.87. The zero-order valence-electron chi connectivity index (χ0n) is 11.5. The molecule has 2 nitrogen and oxygen atoms in total. The highest BCUT2D eigenvalue weighted by molar-refractivity contribution is 5.58. The first-order valence-electron chi connectivity index (χ1n) is 7.23. The number of hydrogen-bond donors (Lipinski definition) is 0. The predicted octanol–water partition coefficient (Wildman–Crippen LogP) is 4.50. The summed E-state index contributed by atoms with van der Waals surface area (Å²) in [5, 5.41) is 8.85. The van der Waals surface area contributed by atoms with Gasteiger partial charge in [0.05, 0.1) is 11.4 Å². The first-order valence-corrected chi connectivity index (χ1v) is 7.23. The Kier molecular flexibility index (Phi) is 3.58. The van der Waals surface area contributed by atoms with Crippen molar-refractivity contribution in [3.05, 3.63) is 47.7 Å². The molecule has 1 aliphatic rings. The summed E-state index contributed by atoms with van der Waals surface area (Å²) in [5.74, 6) is 0.633. The molecule has 0 atom stereocenters. The Bertz CT molecular complexity index is 522. The summed E-state index contributed by atoms with van der Waals surface area (Å²) >= 11 is 0.